The van der Waals surface area contributed by atoms with E-state index in [0.29, 0.717) is 6.10 Å². The first-order chi connectivity index (χ1) is 9.72. The SMILES string of the molecule is CN1CCOC(CN(Cc2ccccc2N)C2CC2)C1. The number of likely N-dealkylation sites (N-methyl/N-ethyl adjacent to an activating group) is 1. The third-order valence-electron chi connectivity index (χ3n) is 4.27. The van der Waals surface area contributed by atoms with Crippen LogP contribution in [0.4, 0.5) is 5.69 Å². The van der Waals surface area contributed by atoms with Crippen LogP contribution < -0.4 is 5.73 Å². The number of benzene rings is 1. The molecular formula is C16H25N3O. The highest BCUT2D eigenvalue weighted by molar-refractivity contribution is 5.46. The minimum Gasteiger partial charge on any atom is -0.398 e. The van der Waals surface area contributed by atoms with E-state index in [9.17, 15) is 0 Å². The molecule has 1 unspecified atom stereocenters. The van der Waals surface area contributed by atoms with E-state index >= 15 is 0 Å². The van der Waals surface area contributed by atoms with Gasteiger partial charge in [-0.1, -0.05) is 18.2 Å². The summed E-state index contributed by atoms with van der Waals surface area (Å²) in [4.78, 5) is 4.91. The molecule has 2 aliphatic rings. The molecule has 4 nitrogen and oxygen atoms in total. The Balaban J connectivity index is 1.62. The number of hydrogen-bond donors (Lipinski definition) is 1. The molecule has 1 heterocycles. The molecule has 110 valence electrons. The van der Waals surface area contributed by atoms with Crippen molar-refractivity contribution in [1.29, 1.82) is 0 Å². The first kappa shape index (κ1) is 13.9. The van der Waals surface area contributed by atoms with Gasteiger partial charge in [0.05, 0.1) is 12.7 Å². The van der Waals surface area contributed by atoms with E-state index in [-0.39, 0.29) is 0 Å². The predicted octanol–water partition coefficient (Wildman–Crippen LogP) is 1.56. The lowest BCUT2D eigenvalue weighted by molar-refractivity contribution is -0.0379. The molecule has 0 aromatic heterocycles. The lowest BCUT2D eigenvalue weighted by Crippen LogP contribution is -2.46. The van der Waals surface area contributed by atoms with Crippen LogP contribution in [0.1, 0.15) is 18.4 Å². The van der Waals surface area contributed by atoms with Gasteiger partial charge < -0.3 is 15.4 Å². The molecule has 4 heteroatoms. The Morgan fingerprint density at radius 3 is 2.85 bits per heavy atom. The number of morpholine rings is 1. The number of nitrogens with two attached hydrogens (primary N) is 1. The van der Waals surface area contributed by atoms with Crippen molar-refractivity contribution < 1.29 is 4.74 Å². The van der Waals surface area contributed by atoms with E-state index in [1.165, 1.54) is 18.4 Å². The summed E-state index contributed by atoms with van der Waals surface area (Å²) in [6.07, 6.45) is 2.96. The third-order valence-corrected chi connectivity index (χ3v) is 4.27. The molecule has 1 atom stereocenters. The van der Waals surface area contributed by atoms with Gasteiger partial charge in [0.25, 0.3) is 0 Å². The van der Waals surface area contributed by atoms with E-state index in [2.05, 4.69) is 29.0 Å². The zero-order valence-corrected chi connectivity index (χ0v) is 12.3. The zero-order chi connectivity index (χ0) is 13.9. The van der Waals surface area contributed by atoms with Crippen molar-refractivity contribution in [2.45, 2.75) is 31.5 Å². The van der Waals surface area contributed by atoms with Crippen molar-refractivity contribution >= 4 is 5.69 Å². The molecule has 1 aromatic rings. The van der Waals surface area contributed by atoms with Crippen LogP contribution in [0.15, 0.2) is 24.3 Å². The first-order valence-corrected chi connectivity index (χ1v) is 7.60. The average Bonchev–Trinajstić information content (AvgIpc) is 3.25. The molecule has 20 heavy (non-hydrogen) atoms. The van der Waals surface area contributed by atoms with Gasteiger partial charge in [0.2, 0.25) is 0 Å². The highest BCUT2D eigenvalue weighted by Crippen LogP contribution is 2.29. The smallest absolute Gasteiger partial charge is 0.0829 e. The molecule has 1 aliphatic heterocycles. The molecular weight excluding hydrogens is 250 g/mol. The van der Waals surface area contributed by atoms with Crippen molar-refractivity contribution in [2.75, 3.05) is 39.0 Å². The molecule has 2 fully saturated rings. The molecule has 1 aromatic carbocycles. The van der Waals surface area contributed by atoms with Crippen molar-refractivity contribution in [3.8, 4) is 0 Å². The standard InChI is InChI=1S/C16H25N3O/c1-18-8-9-20-15(11-18)12-19(14-6-7-14)10-13-4-2-3-5-16(13)17/h2-5,14-15H,6-12,17H2,1H3. The Morgan fingerprint density at radius 1 is 1.35 bits per heavy atom. The largest absolute Gasteiger partial charge is 0.398 e. The summed E-state index contributed by atoms with van der Waals surface area (Å²) < 4.78 is 5.91. The summed E-state index contributed by atoms with van der Waals surface area (Å²) in [5, 5.41) is 0. The van der Waals surface area contributed by atoms with Crippen molar-refractivity contribution in [1.82, 2.24) is 9.80 Å². The lowest BCUT2D eigenvalue weighted by Gasteiger charge is -2.34. The summed E-state index contributed by atoms with van der Waals surface area (Å²) in [5.41, 5.74) is 8.22. The van der Waals surface area contributed by atoms with Gasteiger partial charge >= 0.3 is 0 Å². The topological polar surface area (TPSA) is 41.7 Å². The quantitative estimate of drug-likeness (QED) is 0.828. The Bertz CT molecular complexity index is 447. The van der Waals surface area contributed by atoms with Gasteiger partial charge in [0.15, 0.2) is 0 Å². The number of ether oxygens (including phenoxy) is 1. The summed E-state index contributed by atoms with van der Waals surface area (Å²) in [5.74, 6) is 0. The van der Waals surface area contributed by atoms with Gasteiger partial charge in [-0.05, 0) is 31.5 Å². The highest BCUT2D eigenvalue weighted by atomic mass is 16.5. The van der Waals surface area contributed by atoms with Crippen molar-refractivity contribution in [3.05, 3.63) is 29.8 Å². The minimum absolute atomic E-state index is 0.333. The molecule has 0 amide bonds. The maximum atomic E-state index is 6.08. The number of para-hydroxylation sites is 1. The summed E-state index contributed by atoms with van der Waals surface area (Å²) in [6, 6.07) is 8.93. The van der Waals surface area contributed by atoms with Gasteiger partial charge in [-0.25, -0.2) is 0 Å². The summed E-state index contributed by atoms with van der Waals surface area (Å²) in [7, 11) is 2.17. The highest BCUT2D eigenvalue weighted by Gasteiger charge is 2.32. The summed E-state index contributed by atoms with van der Waals surface area (Å²) >= 11 is 0. The second-order valence-corrected chi connectivity index (χ2v) is 6.11. The molecule has 0 spiro atoms. The molecule has 1 saturated heterocycles. The molecule has 0 bridgehead atoms. The molecule has 1 aliphatic carbocycles. The molecule has 0 radical (unpaired) electrons. The molecule has 1 saturated carbocycles. The van der Waals surface area contributed by atoms with Crippen LogP contribution >= 0.6 is 0 Å². The van der Waals surface area contributed by atoms with Crippen LogP contribution in [0.3, 0.4) is 0 Å². The number of nitrogens with zero attached hydrogens (tertiary/aromatic N) is 2. The zero-order valence-electron chi connectivity index (χ0n) is 12.3. The fourth-order valence-corrected chi connectivity index (χ4v) is 2.92. The Kier molecular flexibility index (Phi) is 4.24. The molecule has 2 N–H and O–H groups in total. The van der Waals surface area contributed by atoms with E-state index in [1.807, 2.05) is 12.1 Å². The van der Waals surface area contributed by atoms with Crippen LogP contribution in [-0.2, 0) is 11.3 Å². The fraction of sp³-hybridized carbons (Fsp3) is 0.625. The van der Waals surface area contributed by atoms with Crippen LogP contribution in [0.25, 0.3) is 0 Å². The van der Waals surface area contributed by atoms with Gasteiger partial charge in [0, 0.05) is 37.9 Å². The monoisotopic (exact) mass is 275 g/mol. The van der Waals surface area contributed by atoms with Gasteiger partial charge in [-0.3, -0.25) is 4.90 Å². The fourth-order valence-electron chi connectivity index (χ4n) is 2.92. The van der Waals surface area contributed by atoms with Crippen LogP contribution in [0.5, 0.6) is 0 Å². The predicted molar refractivity (Wildman–Crippen MR) is 81.5 cm³/mol. The Hall–Kier alpha value is -1.10. The van der Waals surface area contributed by atoms with Crippen molar-refractivity contribution in [3.63, 3.8) is 0 Å². The second-order valence-electron chi connectivity index (χ2n) is 6.11. The second kappa shape index (κ2) is 6.12. The van der Waals surface area contributed by atoms with E-state index in [1.54, 1.807) is 0 Å². The van der Waals surface area contributed by atoms with Crippen molar-refractivity contribution in [2.24, 2.45) is 0 Å². The van der Waals surface area contributed by atoms with E-state index in [0.717, 1.165) is 44.5 Å². The van der Waals surface area contributed by atoms with E-state index < -0.39 is 0 Å². The maximum Gasteiger partial charge on any atom is 0.0829 e. The Morgan fingerprint density at radius 2 is 2.15 bits per heavy atom. The first-order valence-electron chi connectivity index (χ1n) is 7.60. The number of anilines is 1. The van der Waals surface area contributed by atoms with Gasteiger partial charge in [-0.2, -0.15) is 0 Å². The average molecular weight is 275 g/mol. The maximum absolute atomic E-state index is 6.08. The third kappa shape index (κ3) is 3.51. The summed E-state index contributed by atoms with van der Waals surface area (Å²) in [6.45, 7) is 4.90. The van der Waals surface area contributed by atoms with Crippen LogP contribution in [-0.4, -0.2) is 55.2 Å². The Labute approximate surface area is 121 Å². The van der Waals surface area contributed by atoms with E-state index in [4.69, 9.17) is 10.5 Å². The van der Waals surface area contributed by atoms with Gasteiger partial charge in [-0.15, -0.1) is 0 Å². The lowest BCUT2D eigenvalue weighted by atomic mass is 10.1. The normalized spacial score (nSPS) is 24.2. The van der Waals surface area contributed by atoms with Gasteiger partial charge in [0.1, 0.15) is 0 Å². The van der Waals surface area contributed by atoms with Crippen LogP contribution in [0.2, 0.25) is 0 Å². The number of hydrogen-bond acceptors (Lipinski definition) is 4. The minimum atomic E-state index is 0.333. The number of rotatable bonds is 5. The van der Waals surface area contributed by atoms with Crippen LogP contribution in [0, 0.1) is 0 Å². The number of nitrogen functional groups attached to an aromatic ring is 1. The molecule has 3 rings (SSSR count).